The lowest BCUT2D eigenvalue weighted by atomic mass is 10.2. The highest BCUT2D eigenvalue weighted by molar-refractivity contribution is 9.08. The summed E-state index contributed by atoms with van der Waals surface area (Å²) < 4.78 is 37.8. The van der Waals surface area contributed by atoms with Crippen molar-refractivity contribution in [1.82, 2.24) is 0 Å². The van der Waals surface area contributed by atoms with Crippen molar-refractivity contribution >= 4 is 15.9 Å². The number of hydrogen-bond acceptors (Lipinski definition) is 2. The van der Waals surface area contributed by atoms with Crippen molar-refractivity contribution in [3.8, 4) is 11.5 Å². The van der Waals surface area contributed by atoms with Crippen LogP contribution in [0.4, 0.5) is 8.78 Å². The molecule has 0 spiro atoms. The van der Waals surface area contributed by atoms with Crippen LogP contribution in [-0.2, 0) is 11.9 Å². The van der Waals surface area contributed by atoms with E-state index in [0.717, 1.165) is 11.6 Å². The number of hydrogen-bond donors (Lipinski definition) is 0. The lowest BCUT2D eigenvalue weighted by Crippen LogP contribution is -2.03. The van der Waals surface area contributed by atoms with E-state index in [1.54, 1.807) is 6.07 Å². The standard InChI is InChI=1S/C16H15BrF2O2/c1-2-20-15-8-11(9-17)6-7-14(15)21-10-12-4-3-5-13(18)16(12)19/h3-8H,2,9-10H2,1H3. The van der Waals surface area contributed by atoms with E-state index in [9.17, 15) is 8.78 Å². The van der Waals surface area contributed by atoms with Gasteiger partial charge in [-0.3, -0.25) is 0 Å². The van der Waals surface area contributed by atoms with Crippen molar-refractivity contribution in [3.05, 3.63) is 59.2 Å². The van der Waals surface area contributed by atoms with Crippen molar-refractivity contribution in [3.63, 3.8) is 0 Å². The minimum absolute atomic E-state index is 0.0582. The van der Waals surface area contributed by atoms with Crippen LogP contribution in [0.15, 0.2) is 36.4 Å². The largest absolute Gasteiger partial charge is 0.490 e. The van der Waals surface area contributed by atoms with Gasteiger partial charge in [0.2, 0.25) is 0 Å². The summed E-state index contributed by atoms with van der Waals surface area (Å²) in [7, 11) is 0. The smallest absolute Gasteiger partial charge is 0.165 e. The first kappa shape index (κ1) is 15.8. The van der Waals surface area contributed by atoms with Gasteiger partial charge in [0.05, 0.1) is 6.61 Å². The first-order valence-corrected chi connectivity index (χ1v) is 7.65. The maximum Gasteiger partial charge on any atom is 0.165 e. The number of benzene rings is 2. The molecule has 0 aromatic heterocycles. The van der Waals surface area contributed by atoms with Crippen LogP contribution in [0.2, 0.25) is 0 Å². The van der Waals surface area contributed by atoms with E-state index < -0.39 is 11.6 Å². The fraction of sp³-hybridized carbons (Fsp3) is 0.250. The first-order valence-electron chi connectivity index (χ1n) is 6.53. The van der Waals surface area contributed by atoms with E-state index in [2.05, 4.69) is 15.9 Å². The Balaban J connectivity index is 2.17. The molecule has 0 radical (unpaired) electrons. The number of halogens is 3. The average Bonchev–Trinajstić information content (AvgIpc) is 2.50. The van der Waals surface area contributed by atoms with Crippen LogP contribution in [0, 0.1) is 11.6 Å². The second-order valence-corrected chi connectivity index (χ2v) is 4.91. The second-order valence-electron chi connectivity index (χ2n) is 4.35. The molecule has 0 saturated carbocycles. The van der Waals surface area contributed by atoms with Crippen molar-refractivity contribution in [2.75, 3.05) is 6.61 Å². The third kappa shape index (κ3) is 3.94. The lowest BCUT2D eigenvalue weighted by molar-refractivity contribution is 0.264. The summed E-state index contributed by atoms with van der Waals surface area (Å²) in [5, 5.41) is 0.700. The summed E-state index contributed by atoms with van der Waals surface area (Å²) in [5.41, 5.74) is 1.21. The van der Waals surface area contributed by atoms with Gasteiger partial charge in [0.1, 0.15) is 6.61 Å². The fourth-order valence-electron chi connectivity index (χ4n) is 1.84. The molecule has 5 heteroatoms. The van der Waals surface area contributed by atoms with Crippen LogP contribution in [-0.4, -0.2) is 6.61 Å². The first-order chi connectivity index (χ1) is 10.2. The molecule has 0 amide bonds. The van der Waals surface area contributed by atoms with Crippen LogP contribution in [0.1, 0.15) is 18.1 Å². The Morgan fingerprint density at radius 2 is 1.86 bits per heavy atom. The van der Waals surface area contributed by atoms with Gasteiger partial charge < -0.3 is 9.47 Å². The van der Waals surface area contributed by atoms with Crippen LogP contribution in [0.3, 0.4) is 0 Å². The minimum Gasteiger partial charge on any atom is -0.490 e. The third-order valence-electron chi connectivity index (χ3n) is 2.88. The second kappa shape index (κ2) is 7.41. The molecular weight excluding hydrogens is 342 g/mol. The third-order valence-corrected chi connectivity index (χ3v) is 3.52. The predicted octanol–water partition coefficient (Wildman–Crippen LogP) is 4.84. The van der Waals surface area contributed by atoms with E-state index in [-0.39, 0.29) is 12.2 Å². The zero-order valence-electron chi connectivity index (χ0n) is 11.5. The summed E-state index contributed by atoms with van der Waals surface area (Å²) in [6.07, 6.45) is 0. The molecule has 0 aliphatic carbocycles. The Morgan fingerprint density at radius 1 is 1.05 bits per heavy atom. The summed E-state index contributed by atoms with van der Waals surface area (Å²) in [5.74, 6) is -0.667. The molecule has 2 aromatic rings. The zero-order valence-corrected chi connectivity index (χ0v) is 13.1. The fourth-order valence-corrected chi connectivity index (χ4v) is 2.19. The Bertz CT molecular complexity index is 617. The molecule has 0 atom stereocenters. The highest BCUT2D eigenvalue weighted by Gasteiger charge is 2.11. The summed E-state index contributed by atoms with van der Waals surface area (Å²) >= 11 is 3.37. The van der Waals surface area contributed by atoms with Crippen molar-refractivity contribution in [2.24, 2.45) is 0 Å². The van der Waals surface area contributed by atoms with E-state index in [4.69, 9.17) is 9.47 Å². The van der Waals surface area contributed by atoms with Crippen molar-refractivity contribution in [1.29, 1.82) is 0 Å². The molecule has 0 fully saturated rings. The van der Waals surface area contributed by atoms with E-state index >= 15 is 0 Å². The summed E-state index contributed by atoms with van der Waals surface area (Å²) in [6.45, 7) is 2.31. The van der Waals surface area contributed by atoms with E-state index in [0.29, 0.717) is 23.4 Å². The zero-order chi connectivity index (χ0) is 15.2. The molecule has 2 aromatic carbocycles. The maximum absolute atomic E-state index is 13.6. The van der Waals surface area contributed by atoms with Crippen molar-refractivity contribution < 1.29 is 18.3 Å². The molecule has 21 heavy (non-hydrogen) atoms. The van der Waals surface area contributed by atoms with Gasteiger partial charge in [-0.2, -0.15) is 0 Å². The van der Waals surface area contributed by atoms with Gasteiger partial charge in [-0.1, -0.05) is 34.1 Å². The molecule has 0 heterocycles. The molecule has 0 saturated heterocycles. The van der Waals surface area contributed by atoms with E-state index in [1.165, 1.54) is 12.1 Å². The van der Waals surface area contributed by atoms with Crippen molar-refractivity contribution in [2.45, 2.75) is 18.9 Å². The molecule has 2 nitrogen and oxygen atoms in total. The van der Waals surface area contributed by atoms with E-state index in [1.807, 2.05) is 19.1 Å². The quantitative estimate of drug-likeness (QED) is 0.689. The van der Waals surface area contributed by atoms with Gasteiger partial charge in [0.25, 0.3) is 0 Å². The highest BCUT2D eigenvalue weighted by Crippen LogP contribution is 2.30. The molecule has 0 aliphatic rings. The van der Waals surface area contributed by atoms with Gasteiger partial charge >= 0.3 is 0 Å². The maximum atomic E-state index is 13.6. The molecule has 0 aliphatic heterocycles. The molecule has 0 bridgehead atoms. The topological polar surface area (TPSA) is 18.5 Å². The Kier molecular flexibility index (Phi) is 5.56. The number of rotatable bonds is 6. The SMILES string of the molecule is CCOc1cc(CBr)ccc1OCc1cccc(F)c1F. The van der Waals surface area contributed by atoms with Gasteiger partial charge in [-0.05, 0) is 30.7 Å². The molecule has 112 valence electrons. The normalized spacial score (nSPS) is 10.5. The Labute approximate surface area is 130 Å². The average molecular weight is 357 g/mol. The molecule has 2 rings (SSSR count). The Morgan fingerprint density at radius 3 is 2.57 bits per heavy atom. The van der Waals surface area contributed by atoms with Crippen LogP contribution < -0.4 is 9.47 Å². The summed E-state index contributed by atoms with van der Waals surface area (Å²) in [4.78, 5) is 0. The highest BCUT2D eigenvalue weighted by atomic mass is 79.9. The molecule has 0 unspecified atom stereocenters. The Hall–Kier alpha value is -1.62. The van der Waals surface area contributed by atoms with Gasteiger partial charge in [0.15, 0.2) is 23.1 Å². The van der Waals surface area contributed by atoms with Gasteiger partial charge in [0, 0.05) is 10.9 Å². The number of ether oxygens (including phenoxy) is 2. The molecule has 0 N–H and O–H groups in total. The molecular formula is C16H15BrF2O2. The van der Waals surface area contributed by atoms with Crippen LogP contribution in [0.25, 0.3) is 0 Å². The monoisotopic (exact) mass is 356 g/mol. The van der Waals surface area contributed by atoms with Gasteiger partial charge in [-0.15, -0.1) is 0 Å². The number of alkyl halides is 1. The van der Waals surface area contributed by atoms with Gasteiger partial charge in [-0.25, -0.2) is 8.78 Å². The summed E-state index contributed by atoms with van der Waals surface area (Å²) in [6, 6.07) is 9.53. The van der Waals surface area contributed by atoms with Crippen LogP contribution in [0.5, 0.6) is 11.5 Å². The predicted molar refractivity (Wildman–Crippen MR) is 80.9 cm³/mol. The van der Waals surface area contributed by atoms with Crippen LogP contribution >= 0.6 is 15.9 Å². The minimum atomic E-state index is -0.882. The lowest BCUT2D eigenvalue weighted by Gasteiger charge is -2.13.